The standard InChI is InChI=1S/C12H15BrFNO/c1-9(15-4-6-16-7-5-15)10-2-3-12(14)11(13)8-10/h2-3,8-9H,4-7H2,1H3. The minimum absolute atomic E-state index is 0.210. The van der Waals surface area contributed by atoms with Crippen LogP contribution in [0.1, 0.15) is 18.5 Å². The molecule has 0 saturated carbocycles. The molecule has 2 nitrogen and oxygen atoms in total. The van der Waals surface area contributed by atoms with Crippen LogP contribution >= 0.6 is 15.9 Å². The van der Waals surface area contributed by atoms with E-state index in [2.05, 4.69) is 27.8 Å². The highest BCUT2D eigenvalue weighted by molar-refractivity contribution is 9.10. The summed E-state index contributed by atoms with van der Waals surface area (Å²) in [6.07, 6.45) is 0. The first-order chi connectivity index (χ1) is 7.68. The average molecular weight is 288 g/mol. The molecule has 0 spiro atoms. The minimum atomic E-state index is -0.210. The number of ether oxygens (including phenoxy) is 1. The van der Waals surface area contributed by atoms with Crippen molar-refractivity contribution in [3.8, 4) is 0 Å². The van der Waals surface area contributed by atoms with Gasteiger partial charge in [0.25, 0.3) is 0 Å². The van der Waals surface area contributed by atoms with Crippen molar-refractivity contribution in [1.82, 2.24) is 4.90 Å². The van der Waals surface area contributed by atoms with Gasteiger partial charge in [-0.2, -0.15) is 0 Å². The van der Waals surface area contributed by atoms with Gasteiger partial charge in [-0.05, 0) is 40.5 Å². The first kappa shape index (κ1) is 12.0. The summed E-state index contributed by atoms with van der Waals surface area (Å²) in [7, 11) is 0. The average Bonchev–Trinajstić information content (AvgIpc) is 2.33. The summed E-state index contributed by atoms with van der Waals surface area (Å²) < 4.78 is 19.0. The van der Waals surface area contributed by atoms with Gasteiger partial charge in [-0.3, -0.25) is 4.90 Å². The van der Waals surface area contributed by atoms with Gasteiger partial charge in [0, 0.05) is 19.1 Å². The third kappa shape index (κ3) is 2.62. The Kier molecular flexibility index (Phi) is 3.95. The zero-order valence-corrected chi connectivity index (χ0v) is 10.8. The molecule has 1 aliphatic rings. The van der Waals surface area contributed by atoms with Gasteiger partial charge >= 0.3 is 0 Å². The number of hydrogen-bond acceptors (Lipinski definition) is 2. The van der Waals surface area contributed by atoms with E-state index >= 15 is 0 Å². The molecule has 1 aromatic carbocycles. The third-order valence-electron chi connectivity index (χ3n) is 3.02. The Morgan fingerprint density at radius 1 is 1.38 bits per heavy atom. The summed E-state index contributed by atoms with van der Waals surface area (Å²) >= 11 is 3.22. The number of halogens is 2. The molecule has 88 valence electrons. The number of hydrogen-bond donors (Lipinski definition) is 0. The van der Waals surface area contributed by atoms with Gasteiger partial charge in [-0.15, -0.1) is 0 Å². The molecule has 0 bridgehead atoms. The smallest absolute Gasteiger partial charge is 0.137 e. The van der Waals surface area contributed by atoms with Crippen molar-refractivity contribution in [3.63, 3.8) is 0 Å². The molecule has 0 aromatic heterocycles. The molecule has 1 fully saturated rings. The first-order valence-corrected chi connectivity index (χ1v) is 6.24. The Hall–Kier alpha value is -0.450. The first-order valence-electron chi connectivity index (χ1n) is 5.45. The largest absolute Gasteiger partial charge is 0.379 e. The molecular weight excluding hydrogens is 273 g/mol. The predicted molar refractivity (Wildman–Crippen MR) is 64.9 cm³/mol. The fraction of sp³-hybridized carbons (Fsp3) is 0.500. The summed E-state index contributed by atoms with van der Waals surface area (Å²) in [6, 6.07) is 5.52. The van der Waals surface area contributed by atoms with Crippen LogP contribution in [0, 0.1) is 5.82 Å². The van der Waals surface area contributed by atoms with Crippen LogP contribution in [0.25, 0.3) is 0 Å². The second kappa shape index (κ2) is 5.25. The van der Waals surface area contributed by atoms with Crippen molar-refractivity contribution in [2.24, 2.45) is 0 Å². The van der Waals surface area contributed by atoms with Crippen LogP contribution in [0.3, 0.4) is 0 Å². The Morgan fingerprint density at radius 3 is 2.69 bits per heavy atom. The van der Waals surface area contributed by atoms with Crippen LogP contribution in [0.5, 0.6) is 0 Å². The van der Waals surface area contributed by atoms with Crippen molar-refractivity contribution < 1.29 is 9.13 Å². The van der Waals surface area contributed by atoms with Gasteiger partial charge < -0.3 is 4.74 Å². The normalized spacial score (nSPS) is 19.7. The van der Waals surface area contributed by atoms with E-state index in [0.717, 1.165) is 31.9 Å². The van der Waals surface area contributed by atoms with E-state index in [1.165, 1.54) is 6.07 Å². The molecule has 0 radical (unpaired) electrons. The van der Waals surface area contributed by atoms with Gasteiger partial charge in [0.05, 0.1) is 17.7 Å². The van der Waals surface area contributed by atoms with Crippen molar-refractivity contribution >= 4 is 15.9 Å². The highest BCUT2D eigenvalue weighted by Crippen LogP contribution is 2.25. The molecular formula is C12H15BrFNO. The number of benzene rings is 1. The molecule has 0 N–H and O–H groups in total. The van der Waals surface area contributed by atoms with Crippen LogP contribution < -0.4 is 0 Å². The van der Waals surface area contributed by atoms with E-state index in [-0.39, 0.29) is 5.82 Å². The lowest BCUT2D eigenvalue weighted by atomic mass is 10.1. The van der Waals surface area contributed by atoms with Gasteiger partial charge in [-0.25, -0.2) is 4.39 Å². The molecule has 0 amide bonds. The maximum Gasteiger partial charge on any atom is 0.137 e. The molecule has 1 heterocycles. The Balaban J connectivity index is 2.12. The van der Waals surface area contributed by atoms with Crippen molar-refractivity contribution in [3.05, 3.63) is 34.1 Å². The Labute approximate surface area is 104 Å². The summed E-state index contributed by atoms with van der Waals surface area (Å²) in [5, 5.41) is 0. The number of nitrogens with zero attached hydrogens (tertiary/aromatic N) is 1. The van der Waals surface area contributed by atoms with E-state index in [9.17, 15) is 4.39 Å². The number of rotatable bonds is 2. The summed E-state index contributed by atoms with van der Waals surface area (Å²) in [4.78, 5) is 2.35. The molecule has 1 saturated heterocycles. The van der Waals surface area contributed by atoms with E-state index in [4.69, 9.17) is 4.74 Å². The van der Waals surface area contributed by atoms with Crippen LogP contribution in [-0.2, 0) is 4.74 Å². The zero-order valence-electron chi connectivity index (χ0n) is 9.25. The van der Waals surface area contributed by atoms with Gasteiger partial charge in [0.1, 0.15) is 5.82 Å². The van der Waals surface area contributed by atoms with E-state index in [1.807, 2.05) is 12.1 Å². The molecule has 1 atom stereocenters. The van der Waals surface area contributed by atoms with E-state index in [0.29, 0.717) is 10.5 Å². The summed E-state index contributed by atoms with van der Waals surface area (Å²) in [5.41, 5.74) is 1.13. The lowest BCUT2D eigenvalue weighted by molar-refractivity contribution is 0.0198. The molecule has 2 rings (SSSR count). The fourth-order valence-corrected chi connectivity index (χ4v) is 2.34. The predicted octanol–water partition coefficient (Wildman–Crippen LogP) is 2.98. The zero-order chi connectivity index (χ0) is 11.5. The second-order valence-corrected chi connectivity index (χ2v) is 4.85. The fourth-order valence-electron chi connectivity index (χ4n) is 1.95. The summed E-state index contributed by atoms with van der Waals surface area (Å²) in [5.74, 6) is -0.210. The Morgan fingerprint density at radius 2 is 2.06 bits per heavy atom. The van der Waals surface area contributed by atoms with E-state index in [1.54, 1.807) is 0 Å². The molecule has 16 heavy (non-hydrogen) atoms. The minimum Gasteiger partial charge on any atom is -0.379 e. The topological polar surface area (TPSA) is 12.5 Å². The maximum absolute atomic E-state index is 13.1. The van der Waals surface area contributed by atoms with Crippen LogP contribution in [-0.4, -0.2) is 31.2 Å². The molecule has 1 aromatic rings. The second-order valence-electron chi connectivity index (χ2n) is 4.00. The molecule has 0 aliphatic carbocycles. The molecule has 4 heteroatoms. The van der Waals surface area contributed by atoms with Crippen molar-refractivity contribution in [2.75, 3.05) is 26.3 Å². The van der Waals surface area contributed by atoms with Gasteiger partial charge in [0.2, 0.25) is 0 Å². The van der Waals surface area contributed by atoms with Gasteiger partial charge in [-0.1, -0.05) is 6.07 Å². The highest BCUT2D eigenvalue weighted by Gasteiger charge is 2.18. The SMILES string of the molecule is CC(c1ccc(F)c(Br)c1)N1CCOCC1. The van der Waals surface area contributed by atoms with Crippen molar-refractivity contribution in [1.29, 1.82) is 0 Å². The molecule has 1 aliphatic heterocycles. The lowest BCUT2D eigenvalue weighted by Crippen LogP contribution is -2.38. The van der Waals surface area contributed by atoms with Gasteiger partial charge in [0.15, 0.2) is 0 Å². The van der Waals surface area contributed by atoms with Crippen molar-refractivity contribution in [2.45, 2.75) is 13.0 Å². The highest BCUT2D eigenvalue weighted by atomic mass is 79.9. The lowest BCUT2D eigenvalue weighted by Gasteiger charge is -2.32. The quantitative estimate of drug-likeness (QED) is 0.829. The Bertz CT molecular complexity index is 366. The monoisotopic (exact) mass is 287 g/mol. The number of morpholine rings is 1. The molecule has 1 unspecified atom stereocenters. The van der Waals surface area contributed by atoms with Crippen LogP contribution in [0.15, 0.2) is 22.7 Å². The van der Waals surface area contributed by atoms with Crippen LogP contribution in [0.4, 0.5) is 4.39 Å². The van der Waals surface area contributed by atoms with E-state index < -0.39 is 0 Å². The maximum atomic E-state index is 13.1. The van der Waals surface area contributed by atoms with Crippen LogP contribution in [0.2, 0.25) is 0 Å². The summed E-state index contributed by atoms with van der Waals surface area (Å²) in [6.45, 7) is 5.59. The third-order valence-corrected chi connectivity index (χ3v) is 3.63.